The maximum absolute atomic E-state index is 13.2. The molecule has 0 saturated carbocycles. The molecule has 1 aromatic carbocycles. The van der Waals surface area contributed by atoms with E-state index in [1.807, 2.05) is 4.90 Å². The van der Waals surface area contributed by atoms with E-state index in [1.165, 1.54) is 40.6 Å². The molecular weight excluding hydrogens is 413 g/mol. The number of aromatic carboxylic acids is 1. The van der Waals surface area contributed by atoms with Crippen molar-refractivity contribution < 1.29 is 19.1 Å². The Morgan fingerprint density at radius 3 is 3.04 bits per heavy atom. The third kappa shape index (κ3) is 5.12. The molecule has 6 nitrogen and oxygen atoms in total. The van der Waals surface area contributed by atoms with Gasteiger partial charge in [-0.2, -0.15) is 0 Å². The molecule has 1 atom stereocenters. The molecule has 2 N–H and O–H groups in total. The highest BCUT2D eigenvalue weighted by Crippen LogP contribution is 2.26. The summed E-state index contributed by atoms with van der Waals surface area (Å²) in [7, 11) is 0. The van der Waals surface area contributed by atoms with Gasteiger partial charge in [0.25, 0.3) is 0 Å². The van der Waals surface area contributed by atoms with Gasteiger partial charge in [-0.1, -0.05) is 23.4 Å². The first kappa shape index (κ1) is 19.9. The monoisotopic (exact) mass is 429 g/mol. The van der Waals surface area contributed by atoms with Gasteiger partial charge in [-0.15, -0.1) is 11.3 Å². The number of rotatable bonds is 8. The lowest BCUT2D eigenvalue weighted by atomic mass is 10.2. The van der Waals surface area contributed by atoms with Crippen molar-refractivity contribution in [3.8, 4) is 0 Å². The number of carbonyl (C=O) groups excluding carboxylic acids is 1. The zero-order valence-corrected chi connectivity index (χ0v) is 16.5. The van der Waals surface area contributed by atoms with E-state index in [2.05, 4.69) is 10.3 Å². The van der Waals surface area contributed by atoms with Crippen molar-refractivity contribution >= 4 is 52.3 Å². The van der Waals surface area contributed by atoms with Crippen LogP contribution in [0.1, 0.15) is 23.3 Å². The highest BCUT2D eigenvalue weighted by Gasteiger charge is 2.30. The lowest BCUT2D eigenvalue weighted by Gasteiger charge is -2.25. The van der Waals surface area contributed by atoms with Crippen LogP contribution >= 0.6 is 34.7 Å². The molecule has 1 fully saturated rings. The second kappa shape index (κ2) is 8.90. The van der Waals surface area contributed by atoms with Gasteiger partial charge in [0.05, 0.1) is 5.02 Å². The Kier molecular flexibility index (Phi) is 6.56. The third-order valence-corrected chi connectivity index (χ3v) is 6.46. The number of amides is 1. The Bertz CT molecular complexity index is 849. The number of hydrogen-bond acceptors (Lipinski definition) is 6. The topological polar surface area (TPSA) is 82.5 Å². The number of anilines is 1. The molecule has 10 heteroatoms. The van der Waals surface area contributed by atoms with Gasteiger partial charge in [0.15, 0.2) is 10.0 Å². The van der Waals surface area contributed by atoms with Crippen molar-refractivity contribution in [2.24, 2.45) is 0 Å². The highest BCUT2D eigenvalue weighted by atomic mass is 35.5. The number of likely N-dealkylation sites (tertiary alicyclic amines) is 1. The normalized spacial score (nSPS) is 16.7. The van der Waals surface area contributed by atoms with Crippen molar-refractivity contribution in [3.05, 3.63) is 40.1 Å². The molecule has 1 aliphatic heterocycles. The van der Waals surface area contributed by atoms with Crippen LogP contribution in [-0.2, 0) is 4.79 Å². The molecular formula is C17H17ClFN3O3S2. The first-order valence-electron chi connectivity index (χ1n) is 8.24. The van der Waals surface area contributed by atoms with Gasteiger partial charge in [0.2, 0.25) is 5.91 Å². The van der Waals surface area contributed by atoms with Crippen LogP contribution in [0.5, 0.6) is 0 Å². The zero-order chi connectivity index (χ0) is 19.4. The van der Waals surface area contributed by atoms with Crippen LogP contribution in [0.4, 0.5) is 10.1 Å². The Morgan fingerprint density at radius 2 is 2.33 bits per heavy atom. The van der Waals surface area contributed by atoms with E-state index in [1.54, 1.807) is 6.07 Å². The maximum atomic E-state index is 13.2. The fourth-order valence-corrected chi connectivity index (χ4v) is 4.80. The van der Waals surface area contributed by atoms with Crippen molar-refractivity contribution in [3.63, 3.8) is 0 Å². The van der Waals surface area contributed by atoms with E-state index in [0.717, 1.165) is 6.42 Å². The fourth-order valence-electron chi connectivity index (χ4n) is 2.81. The van der Waals surface area contributed by atoms with E-state index in [-0.39, 0.29) is 22.7 Å². The van der Waals surface area contributed by atoms with Crippen LogP contribution in [0.25, 0.3) is 0 Å². The molecule has 1 amide bonds. The lowest BCUT2D eigenvalue weighted by molar-refractivity contribution is -0.128. The fraction of sp³-hybridized carbons (Fsp3) is 0.353. The molecule has 2 heterocycles. The lowest BCUT2D eigenvalue weighted by Crippen LogP contribution is -2.39. The first-order chi connectivity index (χ1) is 12.9. The molecule has 1 aromatic heterocycles. The number of carbonyl (C=O) groups is 2. The minimum Gasteiger partial charge on any atom is -0.476 e. The summed E-state index contributed by atoms with van der Waals surface area (Å²) < 4.78 is 13.9. The van der Waals surface area contributed by atoms with Gasteiger partial charge >= 0.3 is 5.97 Å². The van der Waals surface area contributed by atoms with Crippen molar-refractivity contribution in [2.45, 2.75) is 23.2 Å². The Balaban J connectivity index is 1.51. The minimum atomic E-state index is -1.04. The summed E-state index contributed by atoms with van der Waals surface area (Å²) in [5, 5.41) is 13.7. The van der Waals surface area contributed by atoms with Crippen molar-refractivity contribution in [1.82, 2.24) is 9.88 Å². The second-order valence-electron chi connectivity index (χ2n) is 5.94. The van der Waals surface area contributed by atoms with Crippen LogP contribution in [-0.4, -0.2) is 51.8 Å². The average Bonchev–Trinajstić information content (AvgIpc) is 3.24. The summed E-state index contributed by atoms with van der Waals surface area (Å²) in [6, 6.07) is 4.49. The molecule has 144 valence electrons. The quantitative estimate of drug-likeness (QED) is 0.620. The van der Waals surface area contributed by atoms with E-state index < -0.39 is 11.8 Å². The summed E-state index contributed by atoms with van der Waals surface area (Å²) in [6.45, 7) is 1.11. The number of hydrogen-bond donors (Lipinski definition) is 2. The average molecular weight is 430 g/mol. The molecule has 0 aliphatic carbocycles. The number of thiazole rings is 1. The van der Waals surface area contributed by atoms with Crippen molar-refractivity contribution in [1.29, 1.82) is 0 Å². The summed E-state index contributed by atoms with van der Waals surface area (Å²) in [4.78, 5) is 28.9. The summed E-state index contributed by atoms with van der Waals surface area (Å²) in [6.07, 6.45) is 1.26. The number of halogens is 2. The standard InChI is InChI=1S/C17H17ClFN3O3S2/c18-12-7-10(1-3-13(12)19)20-8-11-2-4-15(23)22(11)5-6-26-17-21-14(9-27-17)16(24)25/h1,3,7,9,11,20H,2,4-6,8H2,(H,24,25)/t11-/m1/s1. The van der Waals surface area contributed by atoms with Gasteiger partial charge < -0.3 is 15.3 Å². The van der Waals surface area contributed by atoms with Gasteiger partial charge in [0, 0.05) is 42.4 Å². The predicted octanol–water partition coefficient (Wildman–Crippen LogP) is 3.83. The molecule has 0 radical (unpaired) electrons. The molecule has 0 spiro atoms. The van der Waals surface area contributed by atoms with Gasteiger partial charge in [-0.25, -0.2) is 14.2 Å². The molecule has 1 aliphatic rings. The number of nitrogens with one attached hydrogen (secondary N) is 1. The number of aromatic nitrogens is 1. The molecule has 0 bridgehead atoms. The number of carboxylic acid groups (broad SMARTS) is 1. The van der Waals surface area contributed by atoms with E-state index in [9.17, 15) is 14.0 Å². The summed E-state index contributed by atoms with van der Waals surface area (Å²) in [5.41, 5.74) is 0.749. The third-order valence-electron chi connectivity index (χ3n) is 4.17. The molecule has 2 aromatic rings. The first-order valence-corrected chi connectivity index (χ1v) is 10.5. The number of thioether (sulfide) groups is 1. The van der Waals surface area contributed by atoms with Crippen LogP contribution in [0.3, 0.4) is 0 Å². The van der Waals surface area contributed by atoms with Crippen LogP contribution < -0.4 is 5.32 Å². The van der Waals surface area contributed by atoms with Crippen molar-refractivity contribution in [2.75, 3.05) is 24.2 Å². The Morgan fingerprint density at radius 1 is 1.52 bits per heavy atom. The second-order valence-corrected chi connectivity index (χ2v) is 8.55. The largest absolute Gasteiger partial charge is 0.476 e. The zero-order valence-electron chi connectivity index (χ0n) is 14.2. The SMILES string of the molecule is O=C(O)c1csc(SCCN2C(=O)CC[C@@H]2CNc2ccc(F)c(Cl)c2)n1. The predicted molar refractivity (Wildman–Crippen MR) is 104 cm³/mol. The molecule has 0 unspecified atom stereocenters. The summed E-state index contributed by atoms with van der Waals surface area (Å²) in [5.74, 6) is -0.771. The highest BCUT2D eigenvalue weighted by molar-refractivity contribution is 8.01. The smallest absolute Gasteiger partial charge is 0.355 e. The van der Waals surface area contributed by atoms with Gasteiger partial charge in [-0.3, -0.25) is 4.79 Å². The Labute approximate surface area is 168 Å². The van der Waals surface area contributed by atoms with E-state index in [4.69, 9.17) is 16.7 Å². The number of benzene rings is 1. The summed E-state index contributed by atoms with van der Waals surface area (Å²) >= 11 is 8.51. The van der Waals surface area contributed by atoms with Gasteiger partial charge in [0.1, 0.15) is 5.82 Å². The Hall–Kier alpha value is -1.84. The van der Waals surface area contributed by atoms with E-state index in [0.29, 0.717) is 35.3 Å². The molecule has 1 saturated heterocycles. The number of nitrogens with zero attached hydrogens (tertiary/aromatic N) is 2. The maximum Gasteiger partial charge on any atom is 0.355 e. The minimum absolute atomic E-state index is 0.0415. The van der Waals surface area contributed by atoms with Crippen LogP contribution in [0.2, 0.25) is 5.02 Å². The number of carboxylic acids is 1. The van der Waals surface area contributed by atoms with Crippen LogP contribution in [0, 0.1) is 5.82 Å². The molecule has 3 rings (SSSR count). The van der Waals surface area contributed by atoms with E-state index >= 15 is 0 Å². The molecule has 27 heavy (non-hydrogen) atoms. The van der Waals surface area contributed by atoms with Gasteiger partial charge in [-0.05, 0) is 24.6 Å². The van der Waals surface area contributed by atoms with Crippen LogP contribution in [0.15, 0.2) is 27.9 Å².